The molecule has 2 aromatic carbocycles. The lowest BCUT2D eigenvalue weighted by Gasteiger charge is -2.35. The average molecular weight is 522 g/mol. The van der Waals surface area contributed by atoms with Gasteiger partial charge in [0, 0.05) is 34.7 Å². The van der Waals surface area contributed by atoms with Gasteiger partial charge in [0.25, 0.3) is 0 Å². The molecular formula is C28H32ClN5O3. The fourth-order valence-corrected chi connectivity index (χ4v) is 4.96. The van der Waals surface area contributed by atoms with Crippen LogP contribution in [-0.4, -0.2) is 50.5 Å². The van der Waals surface area contributed by atoms with Crippen molar-refractivity contribution in [2.24, 2.45) is 5.92 Å². The third kappa shape index (κ3) is 5.74. The van der Waals surface area contributed by atoms with Crippen molar-refractivity contribution in [3.8, 4) is 5.75 Å². The molecule has 1 aliphatic rings. The number of fused-ring (bicyclic) bond motifs is 3. The number of amides is 1. The zero-order chi connectivity index (χ0) is 25.8. The van der Waals surface area contributed by atoms with E-state index in [1.165, 1.54) is 5.56 Å². The van der Waals surface area contributed by atoms with E-state index in [2.05, 4.69) is 15.1 Å². The molecule has 37 heavy (non-hydrogen) atoms. The molecular weight excluding hydrogens is 490 g/mol. The smallest absolute Gasteiger partial charge is 0.410 e. The van der Waals surface area contributed by atoms with E-state index in [-0.39, 0.29) is 18.1 Å². The summed E-state index contributed by atoms with van der Waals surface area (Å²) in [5.41, 5.74) is 4.22. The molecule has 0 aliphatic carbocycles. The summed E-state index contributed by atoms with van der Waals surface area (Å²) >= 11 is 6.31. The summed E-state index contributed by atoms with van der Waals surface area (Å²) in [6, 6.07) is 13.6. The van der Waals surface area contributed by atoms with Crippen LogP contribution < -0.4 is 4.74 Å². The minimum Gasteiger partial charge on any atom is -0.494 e. The van der Waals surface area contributed by atoms with E-state index in [0.29, 0.717) is 24.8 Å². The highest BCUT2D eigenvalue weighted by Gasteiger charge is 2.35. The Morgan fingerprint density at radius 2 is 2.03 bits per heavy atom. The number of carbonyl (C=O) groups is 1. The molecule has 8 nitrogen and oxygen atoms in total. The number of hydrogen-bond acceptors (Lipinski definition) is 5. The van der Waals surface area contributed by atoms with E-state index in [1.54, 1.807) is 12.7 Å². The molecule has 2 aromatic heterocycles. The van der Waals surface area contributed by atoms with E-state index in [0.717, 1.165) is 53.7 Å². The maximum atomic E-state index is 13.2. The number of carbonyl (C=O) groups excluding carboxylic acids is 1. The van der Waals surface area contributed by atoms with Gasteiger partial charge < -0.3 is 14.5 Å². The number of benzene rings is 2. The number of halogens is 1. The van der Waals surface area contributed by atoms with E-state index in [1.807, 2.05) is 65.9 Å². The molecule has 0 saturated heterocycles. The summed E-state index contributed by atoms with van der Waals surface area (Å²) in [4.78, 5) is 22.5. The van der Waals surface area contributed by atoms with Crippen LogP contribution in [0.5, 0.6) is 5.75 Å². The molecule has 4 aromatic rings. The Kier molecular flexibility index (Phi) is 7.65. The van der Waals surface area contributed by atoms with Gasteiger partial charge >= 0.3 is 6.09 Å². The molecule has 0 spiro atoms. The van der Waals surface area contributed by atoms with Crippen LogP contribution in [0.15, 0.2) is 55.1 Å². The Bertz CT molecular complexity index is 1330. The van der Waals surface area contributed by atoms with E-state index >= 15 is 0 Å². The van der Waals surface area contributed by atoms with E-state index in [9.17, 15) is 4.79 Å². The second-order valence-corrected chi connectivity index (χ2v) is 10.2. The molecule has 3 heterocycles. The number of aryl methyl sites for hydroxylation is 1. The first-order chi connectivity index (χ1) is 18.0. The lowest BCUT2D eigenvalue weighted by Crippen LogP contribution is -2.41. The Morgan fingerprint density at radius 1 is 1.19 bits per heavy atom. The summed E-state index contributed by atoms with van der Waals surface area (Å²) in [5, 5.41) is 5.92. The molecule has 5 rings (SSSR count). The van der Waals surface area contributed by atoms with Gasteiger partial charge in [-0.15, -0.1) is 0 Å². The second kappa shape index (κ2) is 11.3. The number of aromatic amines is 1. The first kappa shape index (κ1) is 25.1. The fraction of sp³-hybridized carbons (Fsp3) is 0.393. The topological polar surface area (TPSA) is 85.3 Å². The molecule has 0 bridgehead atoms. The third-order valence-corrected chi connectivity index (χ3v) is 6.81. The van der Waals surface area contributed by atoms with Crippen molar-refractivity contribution in [1.29, 1.82) is 0 Å². The normalized spacial score (nSPS) is 15.2. The standard InChI is InChI=1S/C28H32ClN5O3/c1-19(2)16-37-28(35)34-13-11-23-24-15-21(29)7-10-25(24)32-26(23)27(34)20-5-8-22(9-6-20)36-14-4-3-12-33-18-30-17-31-33/h5-10,15,17-19,27,32H,3-4,11-14,16H2,1-2H3. The molecule has 1 aliphatic heterocycles. The number of nitrogens with one attached hydrogen (secondary N) is 1. The van der Waals surface area contributed by atoms with Gasteiger partial charge in [-0.1, -0.05) is 37.6 Å². The highest BCUT2D eigenvalue weighted by Crippen LogP contribution is 2.39. The SMILES string of the molecule is CC(C)COC(=O)N1CCc2c([nH]c3ccc(Cl)cc23)C1c1ccc(OCCCCn2cncn2)cc1. The summed E-state index contributed by atoms with van der Waals surface area (Å²) in [7, 11) is 0. The molecule has 1 N–H and O–H groups in total. The van der Waals surface area contributed by atoms with Gasteiger partial charge in [0.15, 0.2) is 0 Å². The summed E-state index contributed by atoms with van der Waals surface area (Å²) < 4.78 is 13.4. The van der Waals surface area contributed by atoms with Crippen molar-refractivity contribution in [1.82, 2.24) is 24.6 Å². The van der Waals surface area contributed by atoms with Crippen LogP contribution in [0.4, 0.5) is 4.79 Å². The van der Waals surface area contributed by atoms with Crippen LogP contribution in [0, 0.1) is 5.92 Å². The zero-order valence-corrected chi connectivity index (χ0v) is 21.9. The van der Waals surface area contributed by atoms with Gasteiger partial charge in [-0.05, 0) is 66.6 Å². The van der Waals surface area contributed by atoms with Crippen LogP contribution >= 0.6 is 11.6 Å². The minimum absolute atomic E-state index is 0.269. The van der Waals surface area contributed by atoms with E-state index < -0.39 is 0 Å². The molecule has 0 saturated carbocycles. The van der Waals surface area contributed by atoms with Crippen molar-refractivity contribution in [3.05, 3.63) is 77.0 Å². The summed E-state index contributed by atoms with van der Waals surface area (Å²) in [6.45, 7) is 6.48. The highest BCUT2D eigenvalue weighted by molar-refractivity contribution is 6.31. The van der Waals surface area contributed by atoms with Gasteiger partial charge in [0.1, 0.15) is 24.4 Å². The number of nitrogens with zero attached hydrogens (tertiary/aromatic N) is 4. The van der Waals surface area contributed by atoms with Crippen LogP contribution in [-0.2, 0) is 17.7 Å². The van der Waals surface area contributed by atoms with Crippen molar-refractivity contribution in [2.75, 3.05) is 19.8 Å². The first-order valence-corrected chi connectivity index (χ1v) is 13.2. The lowest BCUT2D eigenvalue weighted by atomic mass is 9.92. The van der Waals surface area contributed by atoms with Gasteiger partial charge in [-0.25, -0.2) is 9.78 Å². The first-order valence-electron chi connectivity index (χ1n) is 12.8. The average Bonchev–Trinajstić information content (AvgIpc) is 3.54. The fourth-order valence-electron chi connectivity index (χ4n) is 4.79. The number of H-pyrrole nitrogens is 1. The van der Waals surface area contributed by atoms with Crippen molar-refractivity contribution in [2.45, 2.75) is 45.7 Å². The number of hydrogen-bond donors (Lipinski definition) is 1. The van der Waals surface area contributed by atoms with Crippen LogP contribution in [0.3, 0.4) is 0 Å². The minimum atomic E-state index is -0.297. The Morgan fingerprint density at radius 3 is 2.78 bits per heavy atom. The Balaban J connectivity index is 1.34. The van der Waals surface area contributed by atoms with Crippen molar-refractivity contribution < 1.29 is 14.3 Å². The third-order valence-electron chi connectivity index (χ3n) is 6.58. The van der Waals surface area contributed by atoms with Gasteiger partial charge in [0.05, 0.1) is 13.2 Å². The number of unbranched alkanes of at least 4 members (excludes halogenated alkanes) is 1. The summed E-state index contributed by atoms with van der Waals surface area (Å²) in [6.07, 6.45) is 5.58. The number of aromatic nitrogens is 4. The number of rotatable bonds is 9. The quantitative estimate of drug-likeness (QED) is 0.272. The predicted molar refractivity (Wildman–Crippen MR) is 143 cm³/mol. The largest absolute Gasteiger partial charge is 0.494 e. The maximum absolute atomic E-state index is 13.2. The summed E-state index contributed by atoms with van der Waals surface area (Å²) in [5.74, 6) is 1.07. The molecule has 1 unspecified atom stereocenters. The van der Waals surface area contributed by atoms with Gasteiger partial charge in [-0.2, -0.15) is 5.10 Å². The Hall–Kier alpha value is -3.52. The van der Waals surface area contributed by atoms with Gasteiger partial charge in [-0.3, -0.25) is 9.58 Å². The maximum Gasteiger partial charge on any atom is 0.410 e. The monoisotopic (exact) mass is 521 g/mol. The predicted octanol–water partition coefficient (Wildman–Crippen LogP) is 6.01. The van der Waals surface area contributed by atoms with Crippen molar-refractivity contribution >= 4 is 28.6 Å². The lowest BCUT2D eigenvalue weighted by molar-refractivity contribution is 0.0797. The molecule has 0 radical (unpaired) electrons. The Labute approximate surface area is 221 Å². The van der Waals surface area contributed by atoms with Crippen LogP contribution in [0.2, 0.25) is 5.02 Å². The highest BCUT2D eigenvalue weighted by atomic mass is 35.5. The van der Waals surface area contributed by atoms with Crippen LogP contribution in [0.1, 0.15) is 49.6 Å². The molecule has 1 amide bonds. The molecule has 0 fully saturated rings. The molecule has 9 heteroatoms. The molecule has 194 valence electrons. The zero-order valence-electron chi connectivity index (χ0n) is 21.2. The van der Waals surface area contributed by atoms with Gasteiger partial charge in [0.2, 0.25) is 0 Å². The van der Waals surface area contributed by atoms with E-state index in [4.69, 9.17) is 21.1 Å². The number of ether oxygens (including phenoxy) is 2. The molecule has 1 atom stereocenters. The second-order valence-electron chi connectivity index (χ2n) is 9.81. The van der Waals surface area contributed by atoms with Crippen LogP contribution in [0.25, 0.3) is 10.9 Å². The van der Waals surface area contributed by atoms with Crippen molar-refractivity contribution in [3.63, 3.8) is 0 Å².